The lowest BCUT2D eigenvalue weighted by Gasteiger charge is -2.35. The van der Waals surface area contributed by atoms with E-state index in [1.165, 1.54) is 6.42 Å². The topological polar surface area (TPSA) is 70.7 Å². The lowest BCUT2D eigenvalue weighted by molar-refractivity contribution is 0.0784. The Labute approximate surface area is 171 Å². The first-order chi connectivity index (χ1) is 13.8. The number of carbonyl (C=O) groups is 1. The normalized spacial score (nSPS) is 17.7. The van der Waals surface area contributed by atoms with Crippen LogP contribution in [0.1, 0.15) is 61.6 Å². The zero-order valence-corrected chi connectivity index (χ0v) is 17.3. The molecule has 0 saturated carbocycles. The Balaban J connectivity index is 1.62. The molecule has 152 valence electrons. The van der Waals surface area contributed by atoms with Crippen LogP contribution in [0.2, 0.25) is 0 Å². The minimum atomic E-state index is -0.920. The van der Waals surface area contributed by atoms with E-state index in [0.717, 1.165) is 42.1 Å². The van der Waals surface area contributed by atoms with Gasteiger partial charge in [0.15, 0.2) is 11.4 Å². The Hall–Kier alpha value is -2.73. The van der Waals surface area contributed by atoms with Gasteiger partial charge < -0.3 is 10.0 Å². The van der Waals surface area contributed by atoms with Gasteiger partial charge in [0.2, 0.25) is 0 Å². The fourth-order valence-electron chi connectivity index (χ4n) is 4.01. The summed E-state index contributed by atoms with van der Waals surface area (Å²) in [7, 11) is 0. The smallest absolute Gasteiger partial charge is 0.168 e. The number of hydrogen-bond acceptors (Lipinski definition) is 5. The minimum Gasteiger partial charge on any atom is -0.386 e. The van der Waals surface area contributed by atoms with Gasteiger partial charge in [-0.05, 0) is 45.6 Å². The van der Waals surface area contributed by atoms with Crippen molar-refractivity contribution in [2.24, 2.45) is 0 Å². The third kappa shape index (κ3) is 4.03. The Morgan fingerprint density at radius 3 is 2.66 bits per heavy atom. The van der Waals surface area contributed by atoms with E-state index in [9.17, 15) is 9.90 Å². The largest absolute Gasteiger partial charge is 0.386 e. The molecule has 0 aliphatic carbocycles. The molecule has 29 heavy (non-hydrogen) atoms. The molecular weight excluding hydrogens is 364 g/mol. The number of rotatable bonds is 5. The van der Waals surface area contributed by atoms with E-state index >= 15 is 0 Å². The number of nitrogens with zero attached hydrogens (tertiary/aromatic N) is 4. The average molecular weight is 393 g/mol. The van der Waals surface area contributed by atoms with Crippen LogP contribution in [0.4, 0.5) is 5.82 Å². The van der Waals surface area contributed by atoms with Crippen LogP contribution in [0, 0.1) is 0 Å². The summed E-state index contributed by atoms with van der Waals surface area (Å²) in [4.78, 5) is 19.9. The second kappa shape index (κ2) is 7.59. The third-order valence-corrected chi connectivity index (χ3v) is 5.75. The highest BCUT2D eigenvalue weighted by atomic mass is 16.3. The number of anilines is 1. The van der Waals surface area contributed by atoms with E-state index in [1.54, 1.807) is 32.2 Å². The molecular formula is C23H28N4O2. The van der Waals surface area contributed by atoms with Crippen molar-refractivity contribution in [2.75, 3.05) is 11.4 Å². The zero-order chi connectivity index (χ0) is 20.6. The Morgan fingerprint density at radius 2 is 1.97 bits per heavy atom. The third-order valence-electron chi connectivity index (χ3n) is 5.75. The fraction of sp³-hybridized carbons (Fsp3) is 0.435. The number of aliphatic hydroxyl groups is 1. The first-order valence-corrected chi connectivity index (χ1v) is 10.3. The Bertz CT molecular complexity index is 1020. The molecule has 1 aliphatic rings. The van der Waals surface area contributed by atoms with E-state index in [2.05, 4.69) is 21.9 Å². The molecule has 1 unspecified atom stereocenters. The fourth-order valence-corrected chi connectivity index (χ4v) is 4.01. The van der Waals surface area contributed by atoms with Gasteiger partial charge in [-0.3, -0.25) is 4.79 Å². The van der Waals surface area contributed by atoms with Crippen LogP contribution in [0.5, 0.6) is 0 Å². The SMILES string of the molecule is CC1CCCCN1c1cc(CC(=O)c2ccc(C(C)(C)O)cc2)nc2ccnn12. The molecule has 0 bridgehead atoms. The summed E-state index contributed by atoms with van der Waals surface area (Å²) in [6, 6.07) is 11.5. The van der Waals surface area contributed by atoms with Gasteiger partial charge >= 0.3 is 0 Å². The maximum atomic E-state index is 12.9. The first kappa shape index (κ1) is 19.6. The molecule has 1 atom stereocenters. The summed E-state index contributed by atoms with van der Waals surface area (Å²) in [6.07, 6.45) is 5.56. The van der Waals surface area contributed by atoms with Crippen LogP contribution in [0.25, 0.3) is 5.65 Å². The number of ketones is 1. The molecule has 0 amide bonds. The highest BCUT2D eigenvalue weighted by molar-refractivity contribution is 5.97. The Morgan fingerprint density at radius 1 is 1.21 bits per heavy atom. The molecule has 4 rings (SSSR count). The lowest BCUT2D eigenvalue weighted by atomic mass is 9.96. The highest BCUT2D eigenvalue weighted by Gasteiger charge is 2.23. The molecule has 2 aromatic heterocycles. The quantitative estimate of drug-likeness (QED) is 0.670. The highest BCUT2D eigenvalue weighted by Crippen LogP contribution is 2.26. The molecule has 6 nitrogen and oxygen atoms in total. The van der Waals surface area contributed by atoms with Crippen molar-refractivity contribution in [1.29, 1.82) is 0 Å². The molecule has 1 saturated heterocycles. The van der Waals surface area contributed by atoms with Gasteiger partial charge in [0, 0.05) is 30.3 Å². The summed E-state index contributed by atoms with van der Waals surface area (Å²) in [5.41, 5.74) is 2.01. The molecule has 1 N–H and O–H groups in total. The predicted molar refractivity (Wildman–Crippen MR) is 113 cm³/mol. The van der Waals surface area contributed by atoms with Crippen LogP contribution in [-0.2, 0) is 12.0 Å². The minimum absolute atomic E-state index is 0.0151. The van der Waals surface area contributed by atoms with Gasteiger partial charge in [-0.25, -0.2) is 4.98 Å². The van der Waals surface area contributed by atoms with E-state index < -0.39 is 5.60 Å². The molecule has 0 radical (unpaired) electrons. The molecule has 0 spiro atoms. The van der Waals surface area contributed by atoms with Crippen molar-refractivity contribution in [2.45, 2.75) is 58.1 Å². The van der Waals surface area contributed by atoms with E-state index in [4.69, 9.17) is 0 Å². The summed E-state index contributed by atoms with van der Waals surface area (Å²) in [5.74, 6) is 1.02. The number of benzene rings is 1. The average Bonchev–Trinajstić information content (AvgIpc) is 3.16. The van der Waals surface area contributed by atoms with Crippen molar-refractivity contribution < 1.29 is 9.90 Å². The van der Waals surface area contributed by atoms with Crippen molar-refractivity contribution in [3.05, 3.63) is 59.4 Å². The second-order valence-corrected chi connectivity index (χ2v) is 8.48. The van der Waals surface area contributed by atoms with Crippen molar-refractivity contribution >= 4 is 17.2 Å². The predicted octanol–water partition coefficient (Wildman–Crippen LogP) is 3.76. The maximum absolute atomic E-state index is 12.9. The van der Waals surface area contributed by atoms with Gasteiger partial charge in [-0.15, -0.1) is 0 Å². The maximum Gasteiger partial charge on any atom is 0.168 e. The molecule has 1 aromatic carbocycles. The number of carbonyl (C=O) groups excluding carboxylic acids is 1. The zero-order valence-electron chi connectivity index (χ0n) is 17.3. The standard InChI is InChI=1S/C23H28N4O2/c1-16-6-4-5-13-26(16)22-15-19(25-21-11-12-24-27(21)22)14-20(28)17-7-9-18(10-8-17)23(2,3)29/h7-12,15-16,29H,4-6,13-14H2,1-3H3. The number of fused-ring (bicyclic) bond motifs is 1. The van der Waals surface area contributed by atoms with Gasteiger partial charge in [-0.1, -0.05) is 24.3 Å². The van der Waals surface area contributed by atoms with Crippen LogP contribution in [-0.4, -0.2) is 38.1 Å². The van der Waals surface area contributed by atoms with Crippen LogP contribution in [0.15, 0.2) is 42.6 Å². The van der Waals surface area contributed by atoms with Crippen molar-refractivity contribution in [1.82, 2.24) is 14.6 Å². The monoisotopic (exact) mass is 392 g/mol. The van der Waals surface area contributed by atoms with Gasteiger partial charge in [0.1, 0.15) is 5.82 Å². The number of piperidine rings is 1. The molecule has 3 aromatic rings. The van der Waals surface area contributed by atoms with Crippen LogP contribution < -0.4 is 4.90 Å². The summed E-state index contributed by atoms with van der Waals surface area (Å²) >= 11 is 0. The van der Waals surface area contributed by atoms with E-state index in [-0.39, 0.29) is 12.2 Å². The van der Waals surface area contributed by atoms with E-state index in [0.29, 0.717) is 11.6 Å². The molecule has 3 heterocycles. The molecule has 1 aliphatic heterocycles. The van der Waals surface area contributed by atoms with Crippen LogP contribution >= 0.6 is 0 Å². The molecule has 6 heteroatoms. The van der Waals surface area contributed by atoms with Crippen molar-refractivity contribution in [3.63, 3.8) is 0 Å². The first-order valence-electron chi connectivity index (χ1n) is 10.3. The Kier molecular flexibility index (Phi) is 5.13. The van der Waals surface area contributed by atoms with Gasteiger partial charge in [0.25, 0.3) is 0 Å². The van der Waals surface area contributed by atoms with Crippen LogP contribution in [0.3, 0.4) is 0 Å². The lowest BCUT2D eigenvalue weighted by Crippen LogP contribution is -2.38. The van der Waals surface area contributed by atoms with E-state index in [1.807, 2.05) is 28.8 Å². The summed E-state index contributed by atoms with van der Waals surface area (Å²) in [5, 5.41) is 14.5. The van der Waals surface area contributed by atoms with Crippen molar-refractivity contribution in [3.8, 4) is 0 Å². The number of hydrogen-bond donors (Lipinski definition) is 1. The molecule has 1 fully saturated rings. The summed E-state index contributed by atoms with van der Waals surface area (Å²) in [6.45, 7) is 6.70. The number of aromatic nitrogens is 3. The summed E-state index contributed by atoms with van der Waals surface area (Å²) < 4.78 is 1.87. The second-order valence-electron chi connectivity index (χ2n) is 8.48. The number of Topliss-reactive ketones (excluding diaryl/α,β-unsaturated/α-hetero) is 1. The van der Waals surface area contributed by atoms with Gasteiger partial charge in [0.05, 0.1) is 23.9 Å². The van der Waals surface area contributed by atoms with Gasteiger partial charge in [-0.2, -0.15) is 9.61 Å².